The van der Waals surface area contributed by atoms with Gasteiger partial charge >= 0.3 is 0 Å². The maximum absolute atomic E-state index is 3.47. The highest BCUT2D eigenvalue weighted by molar-refractivity contribution is 4.61. The van der Waals surface area contributed by atoms with Crippen LogP contribution >= 0.6 is 0 Å². The minimum absolute atomic E-state index is 1.18. The Balaban J connectivity index is 1.81. The molecule has 0 aromatic rings. The highest BCUT2D eigenvalue weighted by Gasteiger charge is 2.09. The molecule has 1 aliphatic rings. The standard InChI is InChI=1S/C10H22N2/c1-2-3-4-5-8-11-12-9-6-7-10-12/h11H,2-10H2,1H3. The van der Waals surface area contributed by atoms with Gasteiger partial charge in [0.2, 0.25) is 0 Å². The van der Waals surface area contributed by atoms with Crippen molar-refractivity contribution in [3.05, 3.63) is 0 Å². The van der Waals surface area contributed by atoms with E-state index in [1.165, 1.54) is 58.2 Å². The molecule has 1 fully saturated rings. The predicted octanol–water partition coefficient (Wildman–Crippen LogP) is 2.17. The van der Waals surface area contributed by atoms with Gasteiger partial charge in [0.15, 0.2) is 0 Å². The molecule has 12 heavy (non-hydrogen) atoms. The zero-order chi connectivity index (χ0) is 8.65. The first-order valence-corrected chi connectivity index (χ1v) is 5.42. The van der Waals surface area contributed by atoms with Crippen LogP contribution in [0.5, 0.6) is 0 Å². The maximum Gasteiger partial charge on any atom is 0.0131 e. The molecule has 1 heterocycles. The van der Waals surface area contributed by atoms with Crippen LogP contribution in [0.25, 0.3) is 0 Å². The highest BCUT2D eigenvalue weighted by atomic mass is 15.5. The number of unbranched alkanes of at least 4 members (excludes halogenated alkanes) is 3. The lowest BCUT2D eigenvalue weighted by molar-refractivity contribution is 0.233. The summed E-state index contributed by atoms with van der Waals surface area (Å²) in [6.45, 7) is 5.95. The van der Waals surface area contributed by atoms with Crippen molar-refractivity contribution >= 4 is 0 Å². The van der Waals surface area contributed by atoms with Gasteiger partial charge in [-0.15, -0.1) is 0 Å². The van der Waals surface area contributed by atoms with Gasteiger partial charge in [0.05, 0.1) is 0 Å². The van der Waals surface area contributed by atoms with Gasteiger partial charge in [-0.2, -0.15) is 0 Å². The SMILES string of the molecule is CCCCCCNN1CCCC1. The number of rotatable bonds is 6. The van der Waals surface area contributed by atoms with E-state index in [0.29, 0.717) is 0 Å². The second kappa shape index (κ2) is 6.44. The molecule has 0 aliphatic carbocycles. The molecule has 0 spiro atoms. The lowest BCUT2D eigenvalue weighted by Gasteiger charge is -2.15. The van der Waals surface area contributed by atoms with Crippen LogP contribution in [0.1, 0.15) is 45.4 Å². The van der Waals surface area contributed by atoms with Gasteiger partial charge in [0, 0.05) is 19.6 Å². The van der Waals surface area contributed by atoms with Crippen LogP contribution in [0.2, 0.25) is 0 Å². The van der Waals surface area contributed by atoms with Crippen molar-refractivity contribution in [1.82, 2.24) is 10.4 Å². The fourth-order valence-electron chi connectivity index (χ4n) is 1.66. The molecule has 0 bridgehead atoms. The molecule has 1 saturated heterocycles. The van der Waals surface area contributed by atoms with Crippen LogP contribution in [0.4, 0.5) is 0 Å². The van der Waals surface area contributed by atoms with Crippen molar-refractivity contribution in [3.8, 4) is 0 Å². The molecule has 0 unspecified atom stereocenters. The van der Waals surface area contributed by atoms with Crippen molar-refractivity contribution in [2.75, 3.05) is 19.6 Å². The Morgan fingerprint density at radius 3 is 2.50 bits per heavy atom. The van der Waals surface area contributed by atoms with Crippen LogP contribution in [0.15, 0.2) is 0 Å². The molecule has 1 rings (SSSR count). The normalized spacial score (nSPS) is 18.8. The molecule has 0 saturated carbocycles. The maximum atomic E-state index is 3.47. The third-order valence-corrected chi connectivity index (χ3v) is 2.47. The molecular weight excluding hydrogens is 148 g/mol. The molecule has 72 valence electrons. The molecule has 2 nitrogen and oxygen atoms in total. The van der Waals surface area contributed by atoms with Crippen molar-refractivity contribution in [2.24, 2.45) is 0 Å². The molecule has 1 aliphatic heterocycles. The van der Waals surface area contributed by atoms with E-state index >= 15 is 0 Å². The van der Waals surface area contributed by atoms with Gasteiger partial charge in [-0.25, -0.2) is 5.01 Å². The smallest absolute Gasteiger partial charge is 0.0131 e. The quantitative estimate of drug-likeness (QED) is 0.615. The number of hydrogen-bond acceptors (Lipinski definition) is 2. The molecule has 2 heteroatoms. The number of nitrogens with zero attached hydrogens (tertiary/aromatic N) is 1. The van der Waals surface area contributed by atoms with Crippen molar-refractivity contribution in [2.45, 2.75) is 45.4 Å². The Labute approximate surface area is 76.3 Å². The molecular formula is C10H22N2. The Bertz CT molecular complexity index is 98.0. The molecule has 0 radical (unpaired) electrons. The lowest BCUT2D eigenvalue weighted by Crippen LogP contribution is -2.35. The average molecular weight is 170 g/mol. The van der Waals surface area contributed by atoms with E-state index in [4.69, 9.17) is 0 Å². The summed E-state index contributed by atoms with van der Waals surface area (Å²) < 4.78 is 0. The largest absolute Gasteiger partial charge is 0.255 e. The van der Waals surface area contributed by atoms with E-state index in [0.717, 1.165) is 0 Å². The van der Waals surface area contributed by atoms with E-state index in [-0.39, 0.29) is 0 Å². The first-order chi connectivity index (χ1) is 5.93. The van der Waals surface area contributed by atoms with Crippen molar-refractivity contribution in [3.63, 3.8) is 0 Å². The van der Waals surface area contributed by atoms with Gasteiger partial charge in [-0.05, 0) is 19.3 Å². The number of nitrogens with one attached hydrogen (secondary N) is 1. The Morgan fingerprint density at radius 2 is 1.83 bits per heavy atom. The second-order valence-electron chi connectivity index (χ2n) is 3.66. The number of hydrogen-bond donors (Lipinski definition) is 1. The Kier molecular flexibility index (Phi) is 5.37. The summed E-state index contributed by atoms with van der Waals surface area (Å²) in [7, 11) is 0. The lowest BCUT2D eigenvalue weighted by atomic mass is 10.2. The molecule has 0 aromatic heterocycles. The van der Waals surface area contributed by atoms with Crippen molar-refractivity contribution in [1.29, 1.82) is 0 Å². The average Bonchev–Trinajstić information content (AvgIpc) is 2.57. The van der Waals surface area contributed by atoms with E-state index in [1.54, 1.807) is 0 Å². The zero-order valence-electron chi connectivity index (χ0n) is 8.31. The molecule has 0 atom stereocenters. The zero-order valence-corrected chi connectivity index (χ0v) is 8.31. The minimum Gasteiger partial charge on any atom is -0.255 e. The van der Waals surface area contributed by atoms with Crippen LogP contribution in [0, 0.1) is 0 Å². The molecule has 0 aromatic carbocycles. The fourth-order valence-corrected chi connectivity index (χ4v) is 1.66. The highest BCUT2D eigenvalue weighted by Crippen LogP contribution is 2.04. The van der Waals surface area contributed by atoms with E-state index in [1.807, 2.05) is 0 Å². The van der Waals surface area contributed by atoms with Crippen LogP contribution < -0.4 is 5.43 Å². The monoisotopic (exact) mass is 170 g/mol. The fraction of sp³-hybridized carbons (Fsp3) is 1.00. The summed E-state index contributed by atoms with van der Waals surface area (Å²) in [5, 5.41) is 2.37. The van der Waals surface area contributed by atoms with Gasteiger partial charge in [0.1, 0.15) is 0 Å². The summed E-state index contributed by atoms with van der Waals surface area (Å²) in [4.78, 5) is 0. The van der Waals surface area contributed by atoms with Gasteiger partial charge in [0.25, 0.3) is 0 Å². The molecule has 0 amide bonds. The topological polar surface area (TPSA) is 15.3 Å². The molecule has 1 N–H and O–H groups in total. The Morgan fingerprint density at radius 1 is 1.08 bits per heavy atom. The van der Waals surface area contributed by atoms with E-state index < -0.39 is 0 Å². The van der Waals surface area contributed by atoms with E-state index in [9.17, 15) is 0 Å². The first-order valence-electron chi connectivity index (χ1n) is 5.42. The second-order valence-corrected chi connectivity index (χ2v) is 3.66. The first kappa shape index (κ1) is 10.0. The third kappa shape index (κ3) is 4.07. The van der Waals surface area contributed by atoms with Crippen LogP contribution in [-0.2, 0) is 0 Å². The van der Waals surface area contributed by atoms with Gasteiger partial charge in [-0.3, -0.25) is 5.43 Å². The summed E-state index contributed by atoms with van der Waals surface area (Å²) >= 11 is 0. The van der Waals surface area contributed by atoms with Crippen LogP contribution in [0.3, 0.4) is 0 Å². The van der Waals surface area contributed by atoms with E-state index in [2.05, 4.69) is 17.4 Å². The summed E-state index contributed by atoms with van der Waals surface area (Å²) in [6, 6.07) is 0. The predicted molar refractivity (Wildman–Crippen MR) is 53.0 cm³/mol. The number of hydrazine groups is 1. The summed E-state index contributed by atoms with van der Waals surface area (Å²) in [6.07, 6.45) is 8.21. The van der Waals surface area contributed by atoms with Gasteiger partial charge in [-0.1, -0.05) is 26.2 Å². The summed E-state index contributed by atoms with van der Waals surface area (Å²) in [5.41, 5.74) is 3.47. The summed E-state index contributed by atoms with van der Waals surface area (Å²) in [5.74, 6) is 0. The minimum atomic E-state index is 1.18. The van der Waals surface area contributed by atoms with Gasteiger partial charge < -0.3 is 0 Å². The third-order valence-electron chi connectivity index (χ3n) is 2.47. The van der Waals surface area contributed by atoms with Crippen LogP contribution in [-0.4, -0.2) is 24.6 Å². The van der Waals surface area contributed by atoms with Crippen molar-refractivity contribution < 1.29 is 0 Å². The Hall–Kier alpha value is -0.0800.